The number of carbonyl (C=O) groups excluding carboxylic acids is 2. The van der Waals surface area contributed by atoms with Crippen LogP contribution in [0.25, 0.3) is 5.32 Å². The molecule has 1 aromatic heterocycles. The Morgan fingerprint density at radius 2 is 1.89 bits per heavy atom. The molecular weight excluding hydrogens is 491 g/mol. The Kier molecular flexibility index (Phi) is 7.77. The van der Waals surface area contributed by atoms with Crippen LogP contribution in [0.4, 0.5) is 35.2 Å². The van der Waals surface area contributed by atoms with Gasteiger partial charge in [-0.2, -0.15) is 13.2 Å². The van der Waals surface area contributed by atoms with Crippen LogP contribution in [-0.4, -0.2) is 28.4 Å². The van der Waals surface area contributed by atoms with Crippen LogP contribution >= 0.6 is 0 Å². The summed E-state index contributed by atoms with van der Waals surface area (Å²) in [4.78, 5) is 24.9. The number of carbonyl (C=O) groups is 2. The number of nitrogens with one attached hydrogen (secondary N) is 2. The molecular formula is C25H26F3N5O4. The van der Waals surface area contributed by atoms with Crippen LogP contribution in [0.1, 0.15) is 48.4 Å². The predicted octanol–water partition coefficient (Wildman–Crippen LogP) is 5.18. The van der Waals surface area contributed by atoms with Crippen molar-refractivity contribution >= 4 is 29.2 Å². The molecule has 2 aromatic carbocycles. The van der Waals surface area contributed by atoms with Crippen molar-refractivity contribution in [1.29, 1.82) is 0 Å². The number of alkyl halides is 3. The Morgan fingerprint density at radius 3 is 2.59 bits per heavy atom. The summed E-state index contributed by atoms with van der Waals surface area (Å²) in [6.45, 7) is 1.83. The summed E-state index contributed by atoms with van der Waals surface area (Å²) in [7, 11) is 0. The topological polar surface area (TPSA) is 122 Å². The van der Waals surface area contributed by atoms with Gasteiger partial charge in [0.2, 0.25) is 18.0 Å². The maximum absolute atomic E-state index is 13.5. The molecule has 0 aliphatic heterocycles. The van der Waals surface area contributed by atoms with Crippen molar-refractivity contribution in [2.24, 2.45) is 0 Å². The third-order valence-corrected chi connectivity index (χ3v) is 6.08. The molecule has 1 heterocycles. The van der Waals surface area contributed by atoms with E-state index < -0.39 is 29.8 Å². The first-order valence-electron chi connectivity index (χ1n) is 11.7. The van der Waals surface area contributed by atoms with E-state index in [0.717, 1.165) is 36.1 Å². The fourth-order valence-corrected chi connectivity index (χ4v) is 4.22. The number of rotatable bonds is 6. The van der Waals surface area contributed by atoms with Crippen molar-refractivity contribution in [1.82, 2.24) is 5.27 Å². The number of benzene rings is 2. The zero-order chi connectivity index (χ0) is 26.6. The smallest absolute Gasteiger partial charge is 0.416 e. The van der Waals surface area contributed by atoms with E-state index in [2.05, 4.69) is 21.2 Å². The maximum Gasteiger partial charge on any atom is 0.416 e. The van der Waals surface area contributed by atoms with Gasteiger partial charge in [0.1, 0.15) is 0 Å². The Balaban J connectivity index is 1.44. The average molecular weight is 518 g/mol. The molecule has 1 aliphatic carbocycles. The molecule has 0 unspecified atom stereocenters. The van der Waals surface area contributed by atoms with Crippen LogP contribution in [0.5, 0.6) is 0 Å². The Labute approximate surface area is 210 Å². The van der Waals surface area contributed by atoms with Crippen molar-refractivity contribution in [2.75, 3.05) is 10.6 Å². The summed E-state index contributed by atoms with van der Waals surface area (Å²) in [6, 6.07) is 8.85. The predicted molar refractivity (Wildman–Crippen MR) is 127 cm³/mol. The van der Waals surface area contributed by atoms with Crippen LogP contribution in [0, 0.1) is 6.92 Å². The molecule has 12 heteroatoms. The van der Waals surface area contributed by atoms with Gasteiger partial charge in [0.15, 0.2) is 17.3 Å². The number of aryl methyl sites for hydroxylation is 1. The van der Waals surface area contributed by atoms with E-state index in [1.807, 2.05) is 19.1 Å². The molecule has 9 nitrogen and oxygen atoms in total. The van der Waals surface area contributed by atoms with E-state index in [0.29, 0.717) is 12.8 Å². The number of urea groups is 1. The molecule has 4 rings (SSSR count). The Hall–Kier alpha value is -3.93. The summed E-state index contributed by atoms with van der Waals surface area (Å²) < 4.78 is 47.0. The molecule has 0 radical (unpaired) electrons. The quantitative estimate of drug-likeness (QED) is 0.389. The number of hydrogen-bond acceptors (Lipinski definition) is 5. The number of aliphatic hydroxyl groups excluding tert-OH is 1. The van der Waals surface area contributed by atoms with Gasteiger partial charge >= 0.3 is 6.18 Å². The largest absolute Gasteiger partial charge is 0.424 e. The molecule has 2 atom stereocenters. The zero-order valence-corrected chi connectivity index (χ0v) is 20.0. The third-order valence-electron chi connectivity index (χ3n) is 6.08. The van der Waals surface area contributed by atoms with E-state index >= 15 is 0 Å². The molecule has 3 N–H and O–H groups in total. The first-order chi connectivity index (χ1) is 17.6. The van der Waals surface area contributed by atoms with Crippen LogP contribution < -0.4 is 15.3 Å². The minimum atomic E-state index is -4.71. The first-order valence-corrected chi connectivity index (χ1v) is 11.7. The summed E-state index contributed by atoms with van der Waals surface area (Å²) >= 11 is 0. The maximum atomic E-state index is 13.5. The van der Waals surface area contributed by atoms with Crippen LogP contribution in [0.15, 0.2) is 53.2 Å². The number of amides is 3. The van der Waals surface area contributed by atoms with Crippen molar-refractivity contribution in [2.45, 2.75) is 57.3 Å². The molecule has 1 saturated carbocycles. The molecule has 0 spiro atoms. The van der Waals surface area contributed by atoms with Gasteiger partial charge in [0.05, 0.1) is 18.1 Å². The zero-order valence-electron chi connectivity index (χ0n) is 20.0. The highest BCUT2D eigenvalue weighted by Gasteiger charge is 2.32. The van der Waals surface area contributed by atoms with Gasteiger partial charge in [-0.1, -0.05) is 24.3 Å². The molecule has 37 heavy (non-hydrogen) atoms. The van der Waals surface area contributed by atoms with Crippen LogP contribution in [-0.2, 0) is 17.4 Å². The second-order valence-electron chi connectivity index (χ2n) is 8.98. The summed E-state index contributed by atoms with van der Waals surface area (Å²) in [6.07, 6.45) is -0.992. The highest BCUT2D eigenvalue weighted by molar-refractivity contribution is 6.04. The first kappa shape index (κ1) is 26.1. The van der Waals surface area contributed by atoms with Gasteiger partial charge in [-0.05, 0) is 59.5 Å². The van der Waals surface area contributed by atoms with Gasteiger partial charge < -0.3 is 25.6 Å². The number of hydrogen-bond donors (Lipinski definition) is 3. The second-order valence-corrected chi connectivity index (χ2v) is 8.98. The third kappa shape index (κ3) is 7.06. The lowest BCUT2D eigenvalue weighted by Crippen LogP contribution is -2.43. The molecule has 196 valence electrons. The number of halogens is 3. The normalized spacial score (nSPS) is 17.8. The molecule has 3 amide bonds. The molecule has 0 saturated heterocycles. The number of aromatic nitrogens is 2. The fraction of sp³-hybridized carbons (Fsp3) is 0.360. The van der Waals surface area contributed by atoms with Crippen molar-refractivity contribution in [3.05, 3.63) is 70.7 Å². The molecule has 3 aromatic rings. The van der Waals surface area contributed by atoms with Gasteiger partial charge in [0, 0.05) is 18.5 Å². The summed E-state index contributed by atoms with van der Waals surface area (Å²) in [5.74, 6) is -0.647. The standard InChI is InChI=1S/C25H26F3N5O4/c1-15-5-2-3-6-16(15)9-22(35)29-18-10-17(25(26,27)28)11-19(12-18)30-24(36)31-23-14-33(32-37-23)20-7-4-8-21(34)13-20/h2-3,5-6,10-12,14,20-21,34H,4,7-9,13H2,1H3,(H2-,29,30,31,32,35,36)/t20-,21-/m1/s1. The highest BCUT2D eigenvalue weighted by Crippen LogP contribution is 2.34. The monoisotopic (exact) mass is 517 g/mol. The average Bonchev–Trinajstić information content (AvgIpc) is 3.28. The number of anilines is 2. The van der Waals surface area contributed by atoms with Crippen molar-refractivity contribution < 1.29 is 37.1 Å². The van der Waals surface area contributed by atoms with Gasteiger partial charge in [-0.25, -0.2) is 0 Å². The second kappa shape index (κ2) is 11.0. The highest BCUT2D eigenvalue weighted by atomic mass is 19.4. The molecule has 1 fully saturated rings. The fourth-order valence-electron chi connectivity index (χ4n) is 4.22. The van der Waals surface area contributed by atoms with E-state index in [-0.39, 0.29) is 29.7 Å². The Bertz CT molecular complexity index is 1280. The number of aliphatic hydroxyl groups is 1. The lowest BCUT2D eigenvalue weighted by Gasteiger charge is -2.19. The summed E-state index contributed by atoms with van der Waals surface area (Å²) in [5, 5.41) is 22.1. The summed E-state index contributed by atoms with van der Waals surface area (Å²) in [5.41, 5.74) is 0.232. The van der Waals surface area contributed by atoms with E-state index in [4.69, 9.17) is 4.52 Å². The Morgan fingerprint density at radius 1 is 1.16 bits per heavy atom. The van der Waals surface area contributed by atoms with Crippen LogP contribution in [0.2, 0.25) is 0 Å². The van der Waals surface area contributed by atoms with Gasteiger partial charge in [-0.15, -0.1) is 0 Å². The lowest BCUT2D eigenvalue weighted by atomic mass is 9.93. The lowest BCUT2D eigenvalue weighted by molar-refractivity contribution is -0.788. The van der Waals surface area contributed by atoms with E-state index in [1.54, 1.807) is 12.1 Å². The van der Waals surface area contributed by atoms with Crippen molar-refractivity contribution in [3.63, 3.8) is 0 Å². The molecule has 0 bridgehead atoms. The van der Waals surface area contributed by atoms with E-state index in [9.17, 15) is 27.9 Å². The van der Waals surface area contributed by atoms with E-state index in [1.165, 1.54) is 16.9 Å². The van der Waals surface area contributed by atoms with Gasteiger partial charge in [-0.3, -0.25) is 9.59 Å². The minimum Gasteiger partial charge on any atom is -0.424 e. The van der Waals surface area contributed by atoms with Gasteiger partial charge in [0.25, 0.3) is 0 Å². The van der Waals surface area contributed by atoms with Crippen molar-refractivity contribution in [3.8, 4) is 0 Å². The number of nitrogens with zero attached hydrogens (tertiary/aromatic N) is 3. The molecule has 1 aliphatic rings. The SMILES string of the molecule is Cc1ccccc1CC(=O)Nc1cc(NC(=O)[N-]c2c[n+]([C@@H]3CCC[C@@H](O)C3)no2)cc(C(F)(F)F)c1. The minimum absolute atomic E-state index is 0.0243. The van der Waals surface area contributed by atoms with Crippen LogP contribution in [0.3, 0.4) is 0 Å².